The summed E-state index contributed by atoms with van der Waals surface area (Å²) in [7, 11) is 0. The van der Waals surface area contributed by atoms with Gasteiger partial charge in [-0.3, -0.25) is 4.79 Å². The zero-order valence-electron chi connectivity index (χ0n) is 18.3. The van der Waals surface area contributed by atoms with E-state index in [-0.39, 0.29) is 5.60 Å². The maximum atomic E-state index is 9.60. The number of alkyl halides is 2. The summed E-state index contributed by atoms with van der Waals surface area (Å²) in [6.07, 6.45) is 2.65. The standard InChI is InChI=1S/C10H12Br2O.C7H16.C5H10O2/c1-2-13-10-4-8(6-11)3-9(5-10)7-12;1-5-6-7(2,3)4;1-5(2,3)7-4-6/h3-5H,2,6-7H2,1H3;5-6H2,1-4H3;4H,1-3H3. The topological polar surface area (TPSA) is 35.5 Å². The lowest BCUT2D eigenvalue weighted by molar-refractivity contribution is -0.138. The van der Waals surface area contributed by atoms with Gasteiger partial charge in [0.05, 0.1) is 6.61 Å². The highest BCUT2D eigenvalue weighted by atomic mass is 79.9. The molecule has 27 heavy (non-hydrogen) atoms. The zero-order chi connectivity index (χ0) is 21.5. The largest absolute Gasteiger partial charge is 0.494 e. The van der Waals surface area contributed by atoms with Crippen LogP contribution in [0.15, 0.2) is 18.2 Å². The van der Waals surface area contributed by atoms with Crippen LogP contribution in [0.4, 0.5) is 0 Å². The molecule has 158 valence electrons. The Morgan fingerprint density at radius 1 is 0.926 bits per heavy atom. The maximum Gasteiger partial charge on any atom is 0.293 e. The summed E-state index contributed by atoms with van der Waals surface area (Å²) in [6, 6.07) is 6.28. The first kappa shape index (κ1) is 28.7. The lowest BCUT2D eigenvalue weighted by Crippen LogP contribution is -2.17. The van der Waals surface area contributed by atoms with Gasteiger partial charge in [0.25, 0.3) is 6.47 Å². The van der Waals surface area contributed by atoms with Crippen molar-refractivity contribution in [3.63, 3.8) is 0 Å². The van der Waals surface area contributed by atoms with E-state index in [2.05, 4.69) is 82.5 Å². The molecule has 0 atom stereocenters. The van der Waals surface area contributed by atoms with Crippen molar-refractivity contribution in [2.75, 3.05) is 6.61 Å². The Morgan fingerprint density at radius 3 is 1.59 bits per heavy atom. The van der Waals surface area contributed by atoms with Crippen LogP contribution >= 0.6 is 31.9 Å². The van der Waals surface area contributed by atoms with Crippen molar-refractivity contribution in [2.24, 2.45) is 5.41 Å². The van der Waals surface area contributed by atoms with Crippen molar-refractivity contribution >= 4 is 38.3 Å². The second kappa shape index (κ2) is 15.4. The van der Waals surface area contributed by atoms with Gasteiger partial charge >= 0.3 is 0 Å². The number of benzene rings is 1. The van der Waals surface area contributed by atoms with Gasteiger partial charge in [0.1, 0.15) is 11.4 Å². The summed E-state index contributed by atoms with van der Waals surface area (Å²) in [6.45, 7) is 17.7. The van der Waals surface area contributed by atoms with Crippen molar-refractivity contribution in [2.45, 2.75) is 84.5 Å². The first-order valence-electron chi connectivity index (χ1n) is 9.41. The summed E-state index contributed by atoms with van der Waals surface area (Å²) in [5.74, 6) is 0.953. The van der Waals surface area contributed by atoms with Crippen LogP contribution < -0.4 is 4.74 Å². The Hall–Kier alpha value is -0.550. The molecule has 1 aromatic rings. The molecule has 0 aromatic heterocycles. The maximum absolute atomic E-state index is 9.60. The van der Waals surface area contributed by atoms with E-state index < -0.39 is 0 Å². The van der Waals surface area contributed by atoms with E-state index in [1.807, 2.05) is 27.7 Å². The molecule has 3 nitrogen and oxygen atoms in total. The van der Waals surface area contributed by atoms with Crippen molar-refractivity contribution in [3.8, 4) is 5.75 Å². The Bertz CT molecular complexity index is 481. The molecule has 0 heterocycles. The molecule has 0 amide bonds. The normalized spacial score (nSPS) is 10.7. The third kappa shape index (κ3) is 20.0. The van der Waals surface area contributed by atoms with E-state index in [1.54, 1.807) is 0 Å². The molecule has 0 fully saturated rings. The predicted molar refractivity (Wildman–Crippen MR) is 124 cm³/mol. The van der Waals surface area contributed by atoms with Gasteiger partial charge in [-0.15, -0.1) is 0 Å². The average Bonchev–Trinajstić information content (AvgIpc) is 2.53. The summed E-state index contributed by atoms with van der Waals surface area (Å²) >= 11 is 6.87. The minimum absolute atomic E-state index is 0.318. The molecular formula is C22H38Br2O3. The van der Waals surface area contributed by atoms with Gasteiger partial charge in [0.2, 0.25) is 0 Å². The monoisotopic (exact) mass is 508 g/mol. The van der Waals surface area contributed by atoms with Crippen LogP contribution in [0.2, 0.25) is 0 Å². The van der Waals surface area contributed by atoms with Crippen LogP contribution in [-0.4, -0.2) is 18.7 Å². The van der Waals surface area contributed by atoms with E-state index in [4.69, 9.17) is 4.74 Å². The minimum atomic E-state index is -0.318. The van der Waals surface area contributed by atoms with Gasteiger partial charge in [0.15, 0.2) is 0 Å². The lowest BCUT2D eigenvalue weighted by Gasteiger charge is -2.15. The predicted octanol–water partition coefficient (Wildman–Crippen LogP) is 7.67. The molecule has 0 aliphatic rings. The van der Waals surface area contributed by atoms with Crippen LogP contribution in [0, 0.1) is 5.41 Å². The van der Waals surface area contributed by atoms with Crippen molar-refractivity contribution < 1.29 is 14.3 Å². The number of carbonyl (C=O) groups is 1. The van der Waals surface area contributed by atoms with Crippen molar-refractivity contribution in [1.29, 1.82) is 0 Å². The zero-order valence-corrected chi connectivity index (χ0v) is 21.5. The fourth-order valence-corrected chi connectivity index (χ4v) is 2.67. The first-order valence-corrected chi connectivity index (χ1v) is 11.7. The van der Waals surface area contributed by atoms with Gasteiger partial charge in [-0.2, -0.15) is 0 Å². The van der Waals surface area contributed by atoms with E-state index in [1.165, 1.54) is 24.0 Å². The number of hydrogen-bond donors (Lipinski definition) is 0. The fourth-order valence-electron chi connectivity index (χ4n) is 2.03. The Labute approximate surface area is 183 Å². The highest BCUT2D eigenvalue weighted by Gasteiger charge is 2.07. The second-order valence-electron chi connectivity index (χ2n) is 8.32. The van der Waals surface area contributed by atoms with E-state index in [9.17, 15) is 4.79 Å². The van der Waals surface area contributed by atoms with Crippen molar-refractivity contribution in [3.05, 3.63) is 29.3 Å². The van der Waals surface area contributed by atoms with Gasteiger partial charge in [-0.1, -0.05) is 72.0 Å². The molecule has 0 N–H and O–H groups in total. The van der Waals surface area contributed by atoms with Gasteiger partial charge in [-0.25, -0.2) is 0 Å². The highest BCUT2D eigenvalue weighted by molar-refractivity contribution is 9.08. The smallest absolute Gasteiger partial charge is 0.293 e. The quantitative estimate of drug-likeness (QED) is 0.291. The number of ether oxygens (including phenoxy) is 2. The van der Waals surface area contributed by atoms with Crippen LogP contribution in [0.3, 0.4) is 0 Å². The minimum Gasteiger partial charge on any atom is -0.494 e. The second-order valence-corrected chi connectivity index (χ2v) is 9.44. The third-order valence-corrected chi connectivity index (χ3v) is 4.34. The molecule has 1 aromatic carbocycles. The molecule has 0 aliphatic heterocycles. The van der Waals surface area contributed by atoms with Crippen LogP contribution in [0.1, 0.15) is 79.4 Å². The average molecular weight is 510 g/mol. The Kier molecular flexibility index (Phi) is 16.3. The molecule has 1 rings (SSSR count). The molecule has 0 unspecified atom stereocenters. The fraction of sp³-hybridized carbons (Fsp3) is 0.682. The van der Waals surface area contributed by atoms with Gasteiger partial charge in [0, 0.05) is 10.7 Å². The molecule has 0 bridgehead atoms. The van der Waals surface area contributed by atoms with Crippen molar-refractivity contribution in [1.82, 2.24) is 0 Å². The Balaban J connectivity index is 0. The Morgan fingerprint density at radius 2 is 1.41 bits per heavy atom. The number of halogens is 2. The van der Waals surface area contributed by atoms with E-state index in [0.717, 1.165) is 16.4 Å². The number of rotatable bonds is 6. The lowest BCUT2D eigenvalue weighted by atomic mass is 9.91. The van der Waals surface area contributed by atoms with Crippen LogP contribution in [0.25, 0.3) is 0 Å². The SMILES string of the molecule is CC(C)(C)OC=O.CCCC(C)(C)C.CCOc1cc(CBr)cc(CBr)c1. The number of hydrogen-bond acceptors (Lipinski definition) is 3. The third-order valence-electron chi connectivity index (χ3n) is 3.05. The molecule has 0 spiro atoms. The molecule has 0 saturated heterocycles. The summed E-state index contributed by atoms with van der Waals surface area (Å²) in [5.41, 5.74) is 2.73. The molecule has 0 radical (unpaired) electrons. The van der Waals surface area contributed by atoms with Crippen LogP contribution in [-0.2, 0) is 20.2 Å². The van der Waals surface area contributed by atoms with Crippen LogP contribution in [0.5, 0.6) is 5.75 Å². The van der Waals surface area contributed by atoms with Gasteiger partial charge in [-0.05, 0) is 62.8 Å². The molecular weight excluding hydrogens is 472 g/mol. The van der Waals surface area contributed by atoms with Gasteiger partial charge < -0.3 is 9.47 Å². The summed E-state index contributed by atoms with van der Waals surface area (Å²) in [4.78, 5) is 9.60. The first-order chi connectivity index (χ1) is 12.4. The molecule has 5 heteroatoms. The highest BCUT2D eigenvalue weighted by Crippen LogP contribution is 2.21. The molecule has 0 aliphatic carbocycles. The number of carbonyl (C=O) groups excluding carboxylic acids is 1. The summed E-state index contributed by atoms with van der Waals surface area (Å²) < 4.78 is 10.00. The summed E-state index contributed by atoms with van der Waals surface area (Å²) in [5, 5.41) is 1.74. The van der Waals surface area contributed by atoms with E-state index >= 15 is 0 Å². The van der Waals surface area contributed by atoms with E-state index in [0.29, 0.717) is 18.5 Å². The molecule has 0 saturated carbocycles.